The minimum Gasteiger partial charge on any atom is -0.361 e. The molecule has 3 aromatic rings. The van der Waals surface area contributed by atoms with E-state index >= 15 is 0 Å². The quantitative estimate of drug-likeness (QED) is 0.663. The molecule has 0 saturated carbocycles. The number of aromatic amines is 2. The predicted molar refractivity (Wildman–Crippen MR) is 103 cm³/mol. The number of nitrogens with zero attached hydrogens (tertiary/aromatic N) is 2. The van der Waals surface area contributed by atoms with Gasteiger partial charge < -0.3 is 15.2 Å². The minimum absolute atomic E-state index is 0.0492. The number of nitrogens with one attached hydrogen (secondary N) is 3. The van der Waals surface area contributed by atoms with Crippen molar-refractivity contribution in [2.75, 3.05) is 13.1 Å². The van der Waals surface area contributed by atoms with Crippen molar-refractivity contribution < 1.29 is 9.59 Å². The highest BCUT2D eigenvalue weighted by molar-refractivity contribution is 5.98. The standard InChI is InChI=1S/C20H23N5O2/c1-12(2)17-10-18(24-23-17)20(27)25-8-6-15(11-25)22-19(26)14-3-4-16-13(9-14)5-7-21-16/h3-5,7,9-10,12,15,21H,6,8,11H2,1-2H3,(H,22,26)(H,23,24). The number of aromatic nitrogens is 3. The molecular weight excluding hydrogens is 342 g/mol. The first-order chi connectivity index (χ1) is 13.0. The Morgan fingerprint density at radius 1 is 1.26 bits per heavy atom. The van der Waals surface area contributed by atoms with Crippen LogP contribution in [0.1, 0.15) is 52.7 Å². The summed E-state index contributed by atoms with van der Waals surface area (Å²) in [6.07, 6.45) is 2.60. The summed E-state index contributed by atoms with van der Waals surface area (Å²) in [4.78, 5) is 30.0. The van der Waals surface area contributed by atoms with Crippen molar-refractivity contribution in [1.82, 2.24) is 25.4 Å². The Labute approximate surface area is 157 Å². The van der Waals surface area contributed by atoms with E-state index in [4.69, 9.17) is 0 Å². The number of H-pyrrole nitrogens is 2. The molecule has 3 heterocycles. The molecule has 7 heteroatoms. The molecule has 2 aromatic heterocycles. The van der Waals surface area contributed by atoms with Crippen molar-refractivity contribution in [2.24, 2.45) is 0 Å². The zero-order valence-corrected chi connectivity index (χ0v) is 15.5. The maximum atomic E-state index is 12.6. The normalized spacial score (nSPS) is 17.0. The number of amides is 2. The van der Waals surface area contributed by atoms with E-state index in [0.717, 1.165) is 23.0 Å². The molecule has 1 unspecified atom stereocenters. The summed E-state index contributed by atoms with van der Waals surface area (Å²) in [5.41, 5.74) is 3.01. The third kappa shape index (κ3) is 3.45. The van der Waals surface area contributed by atoms with Crippen LogP contribution < -0.4 is 5.32 Å². The van der Waals surface area contributed by atoms with Crippen LogP contribution in [0.4, 0.5) is 0 Å². The van der Waals surface area contributed by atoms with E-state index in [1.807, 2.05) is 50.4 Å². The van der Waals surface area contributed by atoms with Crippen molar-refractivity contribution in [3.8, 4) is 0 Å². The highest BCUT2D eigenvalue weighted by atomic mass is 16.2. The molecule has 4 rings (SSSR count). The Morgan fingerprint density at radius 3 is 2.89 bits per heavy atom. The fraction of sp³-hybridized carbons (Fsp3) is 0.350. The van der Waals surface area contributed by atoms with E-state index in [9.17, 15) is 9.59 Å². The number of rotatable bonds is 4. The maximum Gasteiger partial charge on any atom is 0.274 e. The molecular formula is C20H23N5O2. The summed E-state index contributed by atoms with van der Waals surface area (Å²) in [6, 6.07) is 9.28. The van der Waals surface area contributed by atoms with E-state index < -0.39 is 0 Å². The van der Waals surface area contributed by atoms with Gasteiger partial charge in [-0.05, 0) is 42.7 Å². The average Bonchev–Trinajstić information content (AvgIpc) is 3.40. The molecule has 0 bridgehead atoms. The Balaban J connectivity index is 1.38. The first kappa shape index (κ1) is 17.3. The van der Waals surface area contributed by atoms with Crippen LogP contribution in [0.15, 0.2) is 36.5 Å². The second-order valence-corrected chi connectivity index (χ2v) is 7.35. The average molecular weight is 365 g/mol. The summed E-state index contributed by atoms with van der Waals surface area (Å²) in [7, 11) is 0. The predicted octanol–water partition coefficient (Wildman–Crippen LogP) is 2.66. The second kappa shape index (κ2) is 6.90. The Hall–Kier alpha value is -3.09. The lowest BCUT2D eigenvalue weighted by Gasteiger charge is -2.16. The van der Waals surface area contributed by atoms with Crippen molar-refractivity contribution in [3.05, 3.63) is 53.5 Å². The van der Waals surface area contributed by atoms with Crippen LogP contribution in [0.25, 0.3) is 10.9 Å². The third-order valence-corrected chi connectivity index (χ3v) is 5.06. The monoisotopic (exact) mass is 365 g/mol. The van der Waals surface area contributed by atoms with Gasteiger partial charge >= 0.3 is 0 Å². The number of hydrogen-bond acceptors (Lipinski definition) is 3. The molecule has 27 heavy (non-hydrogen) atoms. The van der Waals surface area contributed by atoms with Crippen molar-refractivity contribution in [3.63, 3.8) is 0 Å². The highest BCUT2D eigenvalue weighted by Crippen LogP contribution is 2.18. The van der Waals surface area contributed by atoms with Crippen molar-refractivity contribution >= 4 is 22.7 Å². The number of carbonyl (C=O) groups is 2. The zero-order valence-electron chi connectivity index (χ0n) is 15.5. The molecule has 1 aliphatic rings. The van der Waals surface area contributed by atoms with Crippen LogP contribution in [0.3, 0.4) is 0 Å². The Kier molecular flexibility index (Phi) is 4.43. The van der Waals surface area contributed by atoms with Gasteiger partial charge in [-0.3, -0.25) is 14.7 Å². The fourth-order valence-corrected chi connectivity index (χ4v) is 3.43. The smallest absolute Gasteiger partial charge is 0.274 e. The molecule has 0 spiro atoms. The summed E-state index contributed by atoms with van der Waals surface area (Å²) < 4.78 is 0. The minimum atomic E-state index is -0.112. The van der Waals surface area contributed by atoms with Crippen LogP contribution in [0, 0.1) is 0 Å². The number of likely N-dealkylation sites (tertiary alicyclic amines) is 1. The number of carbonyl (C=O) groups excluding carboxylic acids is 2. The van der Waals surface area contributed by atoms with E-state index in [-0.39, 0.29) is 17.9 Å². The molecule has 1 fully saturated rings. The molecule has 140 valence electrons. The third-order valence-electron chi connectivity index (χ3n) is 5.06. The SMILES string of the molecule is CC(C)c1cc(C(=O)N2CCC(NC(=O)c3ccc4[nH]ccc4c3)C2)n[nH]1. The molecule has 2 amide bonds. The summed E-state index contributed by atoms with van der Waals surface area (Å²) in [5.74, 6) is 0.0879. The Bertz CT molecular complexity index is 987. The van der Waals surface area contributed by atoms with Crippen LogP contribution >= 0.6 is 0 Å². The van der Waals surface area contributed by atoms with Gasteiger partial charge in [0, 0.05) is 47.5 Å². The van der Waals surface area contributed by atoms with Gasteiger partial charge in [-0.1, -0.05) is 13.8 Å². The first-order valence-electron chi connectivity index (χ1n) is 9.24. The molecule has 7 nitrogen and oxygen atoms in total. The molecule has 1 aliphatic heterocycles. The lowest BCUT2D eigenvalue weighted by molar-refractivity contribution is 0.0777. The van der Waals surface area contributed by atoms with Gasteiger partial charge in [0.15, 0.2) is 0 Å². The van der Waals surface area contributed by atoms with E-state index in [0.29, 0.717) is 30.3 Å². The van der Waals surface area contributed by atoms with Crippen molar-refractivity contribution in [1.29, 1.82) is 0 Å². The van der Waals surface area contributed by atoms with E-state index in [2.05, 4.69) is 20.5 Å². The van der Waals surface area contributed by atoms with Gasteiger partial charge in [0.25, 0.3) is 11.8 Å². The molecule has 1 aromatic carbocycles. The topological polar surface area (TPSA) is 93.9 Å². The summed E-state index contributed by atoms with van der Waals surface area (Å²) in [5, 5.41) is 11.1. The van der Waals surface area contributed by atoms with Crippen molar-refractivity contribution in [2.45, 2.75) is 32.2 Å². The van der Waals surface area contributed by atoms with E-state index in [1.165, 1.54) is 0 Å². The summed E-state index contributed by atoms with van der Waals surface area (Å²) >= 11 is 0. The number of hydrogen-bond donors (Lipinski definition) is 3. The molecule has 0 aliphatic carbocycles. The fourth-order valence-electron chi connectivity index (χ4n) is 3.43. The largest absolute Gasteiger partial charge is 0.361 e. The zero-order chi connectivity index (χ0) is 19.0. The van der Waals surface area contributed by atoms with Crippen LogP contribution in [0.2, 0.25) is 0 Å². The second-order valence-electron chi connectivity index (χ2n) is 7.35. The first-order valence-corrected chi connectivity index (χ1v) is 9.24. The molecule has 1 atom stereocenters. The van der Waals surface area contributed by atoms with Crippen LogP contribution in [0.5, 0.6) is 0 Å². The van der Waals surface area contributed by atoms with E-state index in [1.54, 1.807) is 4.90 Å². The van der Waals surface area contributed by atoms with Gasteiger partial charge in [0.1, 0.15) is 5.69 Å². The summed E-state index contributed by atoms with van der Waals surface area (Å²) in [6.45, 7) is 5.22. The molecule has 1 saturated heterocycles. The van der Waals surface area contributed by atoms with Gasteiger partial charge in [-0.2, -0.15) is 5.10 Å². The van der Waals surface area contributed by atoms with Gasteiger partial charge in [0.05, 0.1) is 0 Å². The van der Waals surface area contributed by atoms with Crippen LogP contribution in [-0.4, -0.2) is 51.0 Å². The molecule has 3 N–H and O–H groups in total. The van der Waals surface area contributed by atoms with Gasteiger partial charge in [-0.15, -0.1) is 0 Å². The lowest BCUT2D eigenvalue weighted by Crippen LogP contribution is -2.38. The van der Waals surface area contributed by atoms with Crippen LogP contribution in [-0.2, 0) is 0 Å². The lowest BCUT2D eigenvalue weighted by atomic mass is 10.1. The maximum absolute atomic E-state index is 12.6. The number of benzene rings is 1. The molecule has 0 radical (unpaired) electrons. The van der Waals surface area contributed by atoms with Gasteiger partial charge in [0.2, 0.25) is 0 Å². The van der Waals surface area contributed by atoms with Gasteiger partial charge in [-0.25, -0.2) is 0 Å². The highest BCUT2D eigenvalue weighted by Gasteiger charge is 2.29. The Morgan fingerprint density at radius 2 is 2.11 bits per heavy atom. The number of fused-ring (bicyclic) bond motifs is 1.